The Morgan fingerprint density at radius 3 is 2.38 bits per heavy atom. The molecule has 126 valence electrons. The number of guanidine groups is 1. The third kappa shape index (κ3) is 11.7. The molecule has 7 heteroatoms. The van der Waals surface area contributed by atoms with Crippen LogP contribution in [-0.4, -0.2) is 67.7 Å². The summed E-state index contributed by atoms with van der Waals surface area (Å²) in [5, 5.41) is 6.37. The van der Waals surface area contributed by atoms with Crippen LogP contribution in [0.3, 0.4) is 0 Å². The first-order valence-electron chi connectivity index (χ1n) is 7.31. The first kappa shape index (κ1) is 20.3. The Labute approximate surface area is 131 Å². The van der Waals surface area contributed by atoms with Gasteiger partial charge in [-0.2, -0.15) is 0 Å². The number of aliphatic imine (C=N–C) groups is 1. The molecule has 0 aliphatic carbocycles. The lowest BCUT2D eigenvalue weighted by atomic mass is 10.3. The molecule has 1 unspecified atom stereocenters. The molecule has 0 fully saturated rings. The number of ether oxygens (including phenoxy) is 2. The van der Waals surface area contributed by atoms with Crippen molar-refractivity contribution in [2.75, 3.05) is 52.8 Å². The molecular weight excluding hydrogens is 290 g/mol. The van der Waals surface area contributed by atoms with Gasteiger partial charge in [0.1, 0.15) is 0 Å². The Morgan fingerprint density at radius 1 is 1.14 bits per heavy atom. The van der Waals surface area contributed by atoms with E-state index in [4.69, 9.17) is 9.47 Å². The van der Waals surface area contributed by atoms with E-state index in [1.807, 2.05) is 20.8 Å². The van der Waals surface area contributed by atoms with Crippen LogP contribution < -0.4 is 10.6 Å². The van der Waals surface area contributed by atoms with Crippen LogP contribution in [-0.2, 0) is 20.3 Å². The Kier molecular flexibility index (Phi) is 11.6. The second kappa shape index (κ2) is 11.9. The van der Waals surface area contributed by atoms with Crippen LogP contribution in [0, 0.1) is 0 Å². The molecule has 0 spiro atoms. The van der Waals surface area contributed by atoms with Crippen molar-refractivity contribution in [2.45, 2.75) is 31.9 Å². The summed E-state index contributed by atoms with van der Waals surface area (Å²) in [5.41, 5.74) is 0. The lowest BCUT2D eigenvalue weighted by Gasteiger charge is -2.18. The predicted molar refractivity (Wildman–Crippen MR) is 89.4 cm³/mol. The van der Waals surface area contributed by atoms with Crippen molar-refractivity contribution in [3.8, 4) is 0 Å². The van der Waals surface area contributed by atoms with E-state index in [2.05, 4.69) is 15.6 Å². The molecule has 0 aromatic rings. The van der Waals surface area contributed by atoms with Crippen molar-refractivity contribution in [3.63, 3.8) is 0 Å². The van der Waals surface area contributed by atoms with Crippen molar-refractivity contribution in [1.82, 2.24) is 10.6 Å². The minimum atomic E-state index is -0.845. The van der Waals surface area contributed by atoms with E-state index in [-0.39, 0.29) is 4.75 Å². The third-order valence-electron chi connectivity index (χ3n) is 2.68. The highest BCUT2D eigenvalue weighted by molar-refractivity contribution is 7.86. The van der Waals surface area contributed by atoms with Gasteiger partial charge in [0.2, 0.25) is 0 Å². The lowest BCUT2D eigenvalue weighted by molar-refractivity contribution is 0.0698. The summed E-state index contributed by atoms with van der Waals surface area (Å²) in [6.07, 6.45) is 0.901. The highest BCUT2D eigenvalue weighted by atomic mass is 32.2. The highest BCUT2D eigenvalue weighted by Crippen LogP contribution is 2.10. The number of methoxy groups -OCH3 is 1. The molecule has 21 heavy (non-hydrogen) atoms. The average molecular weight is 321 g/mol. The monoisotopic (exact) mass is 321 g/mol. The minimum Gasteiger partial charge on any atom is -0.382 e. The quantitative estimate of drug-likeness (QED) is 0.353. The summed E-state index contributed by atoms with van der Waals surface area (Å²) in [6.45, 7) is 9.34. The van der Waals surface area contributed by atoms with Crippen molar-refractivity contribution in [1.29, 1.82) is 0 Å². The van der Waals surface area contributed by atoms with E-state index in [9.17, 15) is 4.21 Å². The van der Waals surface area contributed by atoms with Gasteiger partial charge in [0.05, 0.1) is 13.2 Å². The summed E-state index contributed by atoms with van der Waals surface area (Å²) in [5.74, 6) is 1.35. The molecule has 0 aliphatic rings. The zero-order chi connectivity index (χ0) is 16.1. The van der Waals surface area contributed by atoms with Crippen molar-refractivity contribution in [3.05, 3.63) is 0 Å². The fourth-order valence-corrected chi connectivity index (χ4v) is 2.31. The minimum absolute atomic E-state index is 0.168. The molecule has 0 rings (SSSR count). The highest BCUT2D eigenvalue weighted by Gasteiger charge is 2.18. The first-order valence-corrected chi connectivity index (χ1v) is 8.63. The Morgan fingerprint density at radius 2 is 1.81 bits per heavy atom. The van der Waals surface area contributed by atoms with Crippen molar-refractivity contribution in [2.24, 2.45) is 4.99 Å². The van der Waals surface area contributed by atoms with E-state index in [0.717, 1.165) is 18.9 Å². The summed E-state index contributed by atoms with van der Waals surface area (Å²) >= 11 is 0. The van der Waals surface area contributed by atoms with Gasteiger partial charge in [-0.3, -0.25) is 9.20 Å². The van der Waals surface area contributed by atoms with Gasteiger partial charge in [0, 0.05) is 55.2 Å². The van der Waals surface area contributed by atoms with Gasteiger partial charge >= 0.3 is 0 Å². The van der Waals surface area contributed by atoms with E-state index in [0.29, 0.717) is 32.1 Å². The number of rotatable bonds is 10. The van der Waals surface area contributed by atoms with Crippen LogP contribution in [0.5, 0.6) is 0 Å². The Balaban J connectivity index is 3.66. The van der Waals surface area contributed by atoms with E-state index in [1.54, 1.807) is 14.2 Å². The second-order valence-electron chi connectivity index (χ2n) is 5.55. The molecule has 0 aliphatic heterocycles. The molecule has 0 saturated heterocycles. The molecule has 0 aromatic heterocycles. The van der Waals surface area contributed by atoms with Gasteiger partial charge in [-0.05, 0) is 27.2 Å². The number of nitrogens with one attached hydrogen (secondary N) is 2. The zero-order valence-electron chi connectivity index (χ0n) is 14.0. The second-order valence-corrected chi connectivity index (χ2v) is 7.87. The topological polar surface area (TPSA) is 72.0 Å². The fraction of sp³-hybridized carbons (Fsp3) is 0.929. The van der Waals surface area contributed by atoms with Gasteiger partial charge in [0.15, 0.2) is 5.96 Å². The normalized spacial score (nSPS) is 14.0. The maximum absolute atomic E-state index is 11.9. The van der Waals surface area contributed by atoms with E-state index < -0.39 is 10.8 Å². The van der Waals surface area contributed by atoms with Gasteiger partial charge in [-0.25, -0.2) is 0 Å². The molecule has 6 nitrogen and oxygen atoms in total. The SMILES string of the molecule is CN=C(NCCCOCCOC)NCCS(=O)C(C)(C)C. The maximum atomic E-state index is 11.9. The van der Waals surface area contributed by atoms with Gasteiger partial charge in [0.25, 0.3) is 0 Å². The molecule has 0 amide bonds. The predicted octanol–water partition coefficient (Wildman–Crippen LogP) is 0.752. The van der Waals surface area contributed by atoms with Gasteiger partial charge in [-0.15, -0.1) is 0 Å². The van der Waals surface area contributed by atoms with Crippen LogP contribution in [0.25, 0.3) is 0 Å². The molecule has 2 N–H and O–H groups in total. The van der Waals surface area contributed by atoms with Crippen molar-refractivity contribution < 1.29 is 13.7 Å². The van der Waals surface area contributed by atoms with E-state index in [1.165, 1.54) is 0 Å². The Hall–Kier alpha value is -0.660. The van der Waals surface area contributed by atoms with Crippen LogP contribution in [0.1, 0.15) is 27.2 Å². The van der Waals surface area contributed by atoms with E-state index >= 15 is 0 Å². The van der Waals surface area contributed by atoms with Crippen LogP contribution in [0.2, 0.25) is 0 Å². The molecular formula is C14H31N3O3S. The molecule has 0 saturated carbocycles. The largest absolute Gasteiger partial charge is 0.382 e. The van der Waals surface area contributed by atoms with Gasteiger partial charge < -0.3 is 20.1 Å². The molecule has 0 aromatic carbocycles. The van der Waals surface area contributed by atoms with Crippen molar-refractivity contribution >= 4 is 16.8 Å². The smallest absolute Gasteiger partial charge is 0.191 e. The molecule has 0 heterocycles. The molecule has 0 bridgehead atoms. The molecule has 1 atom stereocenters. The number of hydrogen-bond acceptors (Lipinski definition) is 4. The van der Waals surface area contributed by atoms with Crippen LogP contribution in [0.15, 0.2) is 4.99 Å². The number of hydrogen-bond donors (Lipinski definition) is 2. The zero-order valence-corrected chi connectivity index (χ0v) is 14.8. The fourth-order valence-electron chi connectivity index (χ4n) is 1.41. The standard InChI is InChI=1S/C14H31N3O3S/c1-14(2,3)21(18)12-8-17-13(15-4)16-7-6-9-20-11-10-19-5/h6-12H2,1-5H3,(H2,15,16,17). The Bertz CT molecular complexity index is 317. The summed E-state index contributed by atoms with van der Waals surface area (Å²) in [4.78, 5) is 4.13. The number of nitrogens with zero attached hydrogens (tertiary/aromatic N) is 1. The molecule has 0 radical (unpaired) electrons. The van der Waals surface area contributed by atoms with Gasteiger partial charge in [-0.1, -0.05) is 0 Å². The average Bonchev–Trinajstić information content (AvgIpc) is 2.43. The summed E-state index contributed by atoms with van der Waals surface area (Å²) < 4.78 is 22.0. The van der Waals surface area contributed by atoms with Crippen LogP contribution >= 0.6 is 0 Å². The summed E-state index contributed by atoms with van der Waals surface area (Å²) in [6, 6.07) is 0. The first-order chi connectivity index (χ1) is 9.91. The third-order valence-corrected chi connectivity index (χ3v) is 4.62. The lowest BCUT2D eigenvalue weighted by Crippen LogP contribution is -2.40. The summed E-state index contributed by atoms with van der Waals surface area (Å²) in [7, 11) is 2.54. The maximum Gasteiger partial charge on any atom is 0.191 e. The van der Waals surface area contributed by atoms with Crippen LogP contribution in [0.4, 0.5) is 0 Å².